The zero-order valence-electron chi connectivity index (χ0n) is 8.15. The van der Waals surface area contributed by atoms with E-state index in [1.54, 1.807) is 0 Å². The summed E-state index contributed by atoms with van der Waals surface area (Å²) >= 11 is 2.26. The summed E-state index contributed by atoms with van der Waals surface area (Å²) in [6, 6.07) is 0. The largest absolute Gasteiger partial charge is 0.246 e. The van der Waals surface area contributed by atoms with E-state index in [0.29, 0.717) is 0 Å². The summed E-state index contributed by atoms with van der Waals surface area (Å²) in [7, 11) is 0. The number of unbranched alkanes of at least 4 members (excludes halogenated alkanes) is 2. The lowest BCUT2D eigenvalue weighted by molar-refractivity contribution is 0.297. The van der Waals surface area contributed by atoms with Crippen LogP contribution >= 0.6 is 22.6 Å². The van der Waals surface area contributed by atoms with Gasteiger partial charge in [0.1, 0.15) is 6.17 Å². The summed E-state index contributed by atoms with van der Waals surface area (Å²) in [5, 5.41) is 0. The van der Waals surface area contributed by atoms with E-state index >= 15 is 0 Å². The molecule has 0 unspecified atom stereocenters. The monoisotopic (exact) mass is 286 g/mol. The first kappa shape index (κ1) is 12.7. The Morgan fingerprint density at radius 1 is 1.08 bits per heavy atom. The standard InChI is InChI=1S/C10H20FI/c1-3-5-7-9(11)10(12)8-6-4-2/h9-10H,3-8H2,1-2H3/t9-,10-/m0/s1. The van der Waals surface area contributed by atoms with Crippen molar-refractivity contribution in [3.8, 4) is 0 Å². The van der Waals surface area contributed by atoms with Crippen molar-refractivity contribution in [1.82, 2.24) is 0 Å². The Bertz CT molecular complexity index is 83.8. The Hall–Kier alpha value is 0.660. The van der Waals surface area contributed by atoms with Crippen LogP contribution in [0.5, 0.6) is 0 Å². The molecule has 0 saturated heterocycles. The van der Waals surface area contributed by atoms with Crippen LogP contribution in [-0.2, 0) is 0 Å². The van der Waals surface area contributed by atoms with Gasteiger partial charge in [-0.1, -0.05) is 62.1 Å². The molecule has 0 aliphatic heterocycles. The van der Waals surface area contributed by atoms with Gasteiger partial charge in [0.15, 0.2) is 0 Å². The van der Waals surface area contributed by atoms with Crippen molar-refractivity contribution in [1.29, 1.82) is 0 Å². The average molecular weight is 286 g/mol. The molecule has 74 valence electrons. The second-order valence-electron chi connectivity index (χ2n) is 3.32. The normalized spacial score (nSPS) is 16.0. The molecular weight excluding hydrogens is 266 g/mol. The molecule has 0 aromatic rings. The third-order valence-electron chi connectivity index (χ3n) is 2.06. The van der Waals surface area contributed by atoms with E-state index in [4.69, 9.17) is 0 Å². The van der Waals surface area contributed by atoms with E-state index in [-0.39, 0.29) is 3.92 Å². The van der Waals surface area contributed by atoms with Crippen LogP contribution in [0.1, 0.15) is 52.4 Å². The van der Waals surface area contributed by atoms with Crippen molar-refractivity contribution in [2.45, 2.75) is 62.5 Å². The molecule has 0 N–H and O–H groups in total. The first-order valence-electron chi connectivity index (χ1n) is 5.00. The Morgan fingerprint density at radius 3 is 2.08 bits per heavy atom. The summed E-state index contributed by atoms with van der Waals surface area (Å²) in [6.07, 6.45) is 5.72. The van der Waals surface area contributed by atoms with Crippen LogP contribution in [0.2, 0.25) is 0 Å². The summed E-state index contributed by atoms with van der Waals surface area (Å²) in [5.74, 6) is 0. The lowest BCUT2D eigenvalue weighted by Gasteiger charge is -2.13. The molecule has 0 heterocycles. The molecule has 0 saturated carbocycles. The van der Waals surface area contributed by atoms with Crippen molar-refractivity contribution in [3.63, 3.8) is 0 Å². The maximum absolute atomic E-state index is 13.3. The Kier molecular flexibility index (Phi) is 8.72. The highest BCUT2D eigenvalue weighted by molar-refractivity contribution is 14.1. The minimum atomic E-state index is -0.572. The molecule has 2 atom stereocenters. The van der Waals surface area contributed by atoms with Crippen molar-refractivity contribution in [2.75, 3.05) is 0 Å². The van der Waals surface area contributed by atoms with Gasteiger partial charge in [-0.15, -0.1) is 0 Å². The molecular formula is C10H20FI. The van der Waals surface area contributed by atoms with Gasteiger partial charge in [-0.25, -0.2) is 4.39 Å². The lowest BCUT2D eigenvalue weighted by atomic mass is 10.1. The van der Waals surface area contributed by atoms with Crippen molar-refractivity contribution in [2.24, 2.45) is 0 Å². The van der Waals surface area contributed by atoms with Gasteiger partial charge >= 0.3 is 0 Å². The fourth-order valence-corrected chi connectivity index (χ4v) is 1.96. The summed E-state index contributed by atoms with van der Waals surface area (Å²) in [5.41, 5.74) is 0. The van der Waals surface area contributed by atoms with Crippen LogP contribution < -0.4 is 0 Å². The summed E-state index contributed by atoms with van der Waals surface area (Å²) in [4.78, 5) is 0. The minimum absolute atomic E-state index is 0.245. The number of hydrogen-bond donors (Lipinski definition) is 0. The van der Waals surface area contributed by atoms with Gasteiger partial charge < -0.3 is 0 Å². The molecule has 0 bridgehead atoms. The van der Waals surface area contributed by atoms with Gasteiger partial charge in [0.05, 0.1) is 0 Å². The fourth-order valence-electron chi connectivity index (χ4n) is 1.16. The lowest BCUT2D eigenvalue weighted by Crippen LogP contribution is -2.15. The van der Waals surface area contributed by atoms with E-state index in [0.717, 1.165) is 25.7 Å². The Morgan fingerprint density at radius 2 is 1.58 bits per heavy atom. The molecule has 0 radical (unpaired) electrons. The highest BCUT2D eigenvalue weighted by Crippen LogP contribution is 2.21. The second-order valence-corrected chi connectivity index (χ2v) is 4.92. The number of alkyl halides is 2. The smallest absolute Gasteiger partial charge is 0.112 e. The van der Waals surface area contributed by atoms with Crippen LogP contribution in [0.4, 0.5) is 4.39 Å². The molecule has 0 aliphatic carbocycles. The molecule has 0 amide bonds. The van der Waals surface area contributed by atoms with E-state index in [9.17, 15) is 4.39 Å². The summed E-state index contributed by atoms with van der Waals surface area (Å²) < 4.78 is 13.5. The minimum Gasteiger partial charge on any atom is -0.246 e. The van der Waals surface area contributed by atoms with E-state index < -0.39 is 6.17 Å². The Balaban J connectivity index is 3.39. The maximum atomic E-state index is 13.3. The van der Waals surface area contributed by atoms with Crippen LogP contribution in [-0.4, -0.2) is 10.1 Å². The number of halogens is 2. The highest BCUT2D eigenvalue weighted by Gasteiger charge is 2.15. The molecule has 12 heavy (non-hydrogen) atoms. The van der Waals surface area contributed by atoms with Crippen LogP contribution in [0, 0.1) is 0 Å². The molecule has 2 heteroatoms. The molecule has 0 rings (SSSR count). The number of hydrogen-bond acceptors (Lipinski definition) is 0. The van der Waals surface area contributed by atoms with Gasteiger partial charge in [-0.2, -0.15) is 0 Å². The van der Waals surface area contributed by atoms with Gasteiger partial charge in [0.25, 0.3) is 0 Å². The maximum Gasteiger partial charge on any atom is 0.112 e. The average Bonchev–Trinajstić information content (AvgIpc) is 2.10. The van der Waals surface area contributed by atoms with Crippen molar-refractivity contribution in [3.05, 3.63) is 0 Å². The SMILES string of the molecule is CCCC[C@H](F)[C@@H](I)CCCC. The zero-order chi connectivity index (χ0) is 9.40. The molecule has 0 nitrogen and oxygen atoms in total. The molecule has 0 aliphatic rings. The van der Waals surface area contributed by atoms with Crippen LogP contribution in [0.25, 0.3) is 0 Å². The third-order valence-corrected chi connectivity index (χ3v) is 3.46. The van der Waals surface area contributed by atoms with Crippen LogP contribution in [0.3, 0.4) is 0 Å². The van der Waals surface area contributed by atoms with Crippen molar-refractivity contribution < 1.29 is 4.39 Å². The fraction of sp³-hybridized carbons (Fsp3) is 1.00. The quantitative estimate of drug-likeness (QED) is 0.477. The van der Waals surface area contributed by atoms with E-state index in [1.165, 1.54) is 12.8 Å². The van der Waals surface area contributed by atoms with Gasteiger partial charge in [0.2, 0.25) is 0 Å². The first-order valence-corrected chi connectivity index (χ1v) is 6.25. The molecule has 0 spiro atoms. The first-order chi connectivity index (χ1) is 5.72. The Labute approximate surface area is 89.5 Å². The molecule has 0 aromatic carbocycles. The second kappa shape index (κ2) is 8.27. The van der Waals surface area contributed by atoms with E-state index in [1.807, 2.05) is 0 Å². The van der Waals surface area contributed by atoms with Crippen LogP contribution in [0.15, 0.2) is 0 Å². The number of rotatable bonds is 7. The predicted octanol–water partition coefficient (Wildman–Crippen LogP) is 4.51. The topological polar surface area (TPSA) is 0 Å². The van der Waals surface area contributed by atoms with Gasteiger partial charge in [-0.3, -0.25) is 0 Å². The highest BCUT2D eigenvalue weighted by atomic mass is 127. The van der Waals surface area contributed by atoms with Gasteiger partial charge in [0, 0.05) is 3.92 Å². The molecule has 0 fully saturated rings. The van der Waals surface area contributed by atoms with Gasteiger partial charge in [-0.05, 0) is 12.8 Å². The van der Waals surface area contributed by atoms with E-state index in [2.05, 4.69) is 36.4 Å². The molecule has 0 aromatic heterocycles. The van der Waals surface area contributed by atoms with Crippen molar-refractivity contribution >= 4 is 22.6 Å². The predicted molar refractivity (Wildman–Crippen MR) is 61.8 cm³/mol. The third kappa shape index (κ3) is 6.21. The zero-order valence-corrected chi connectivity index (χ0v) is 10.3. The summed E-state index contributed by atoms with van der Waals surface area (Å²) in [6.45, 7) is 4.27.